The molecule has 4 heteroatoms. The molecule has 1 aliphatic heterocycles. The van der Waals surface area contributed by atoms with Crippen LogP contribution in [0.2, 0.25) is 0 Å². The Balaban J connectivity index is 1.84. The maximum atomic E-state index is 4.51. The van der Waals surface area contributed by atoms with Crippen LogP contribution in [0.3, 0.4) is 0 Å². The number of hydrogen-bond acceptors (Lipinski definition) is 3. The molecule has 4 nitrogen and oxygen atoms in total. The van der Waals surface area contributed by atoms with Crippen molar-refractivity contribution in [2.24, 2.45) is 0 Å². The fourth-order valence-electron chi connectivity index (χ4n) is 2.96. The van der Waals surface area contributed by atoms with Crippen LogP contribution < -0.4 is 10.2 Å². The average Bonchev–Trinajstić information content (AvgIpc) is 3.04. The fraction of sp³-hybridized carbons (Fsp3) is 0.167. The van der Waals surface area contributed by atoms with Gasteiger partial charge in [-0.05, 0) is 30.7 Å². The van der Waals surface area contributed by atoms with E-state index < -0.39 is 0 Å². The summed E-state index contributed by atoms with van der Waals surface area (Å²) in [5.74, 6) is 1.13. The Kier molecular flexibility index (Phi) is 3.07. The van der Waals surface area contributed by atoms with Crippen LogP contribution in [0.1, 0.15) is 18.9 Å². The van der Waals surface area contributed by atoms with Crippen LogP contribution in [-0.2, 0) is 6.54 Å². The molecule has 0 amide bonds. The number of nitrogens with zero attached hydrogens (tertiary/aromatic N) is 2. The van der Waals surface area contributed by atoms with Crippen molar-refractivity contribution < 1.29 is 0 Å². The number of allylic oxidation sites excluding steroid dienone is 1. The largest absolute Gasteiger partial charge is 0.346 e. The van der Waals surface area contributed by atoms with E-state index in [-0.39, 0.29) is 0 Å². The second-order valence-electron chi connectivity index (χ2n) is 5.44. The van der Waals surface area contributed by atoms with Gasteiger partial charge in [-0.25, -0.2) is 4.98 Å². The van der Waals surface area contributed by atoms with E-state index >= 15 is 0 Å². The topological polar surface area (TPSA) is 44.0 Å². The first-order chi connectivity index (χ1) is 10.9. The highest BCUT2D eigenvalue weighted by Gasteiger charge is 2.22. The number of aromatic amines is 1. The van der Waals surface area contributed by atoms with Gasteiger partial charge in [-0.2, -0.15) is 0 Å². The molecule has 22 heavy (non-hydrogen) atoms. The number of pyridine rings is 1. The van der Waals surface area contributed by atoms with Crippen molar-refractivity contribution in [1.82, 2.24) is 9.97 Å². The summed E-state index contributed by atoms with van der Waals surface area (Å²) in [6.07, 6.45) is 7.11. The molecule has 2 N–H and O–H groups in total. The van der Waals surface area contributed by atoms with E-state index in [9.17, 15) is 0 Å². The second kappa shape index (κ2) is 5.22. The molecule has 0 aliphatic carbocycles. The number of para-hydroxylation sites is 1. The van der Waals surface area contributed by atoms with Crippen molar-refractivity contribution in [2.75, 3.05) is 10.2 Å². The number of nitrogens with one attached hydrogen (secondary N) is 2. The molecule has 2 aromatic heterocycles. The zero-order chi connectivity index (χ0) is 14.9. The van der Waals surface area contributed by atoms with E-state index in [2.05, 4.69) is 63.5 Å². The SMILES string of the molecule is CC/C=C1/Nc2c(cnc3[nH]ccc23)CN1c1ccccc1. The predicted molar refractivity (Wildman–Crippen MR) is 90.7 cm³/mol. The van der Waals surface area contributed by atoms with Gasteiger partial charge in [0.15, 0.2) is 0 Å². The van der Waals surface area contributed by atoms with Gasteiger partial charge in [-0.3, -0.25) is 0 Å². The van der Waals surface area contributed by atoms with Gasteiger partial charge >= 0.3 is 0 Å². The van der Waals surface area contributed by atoms with Crippen LogP contribution in [0.4, 0.5) is 11.4 Å². The van der Waals surface area contributed by atoms with Crippen LogP contribution >= 0.6 is 0 Å². The summed E-state index contributed by atoms with van der Waals surface area (Å²) < 4.78 is 0. The summed E-state index contributed by atoms with van der Waals surface area (Å²) in [7, 11) is 0. The molecule has 1 aromatic carbocycles. The standard InChI is InChI=1S/C18H18N4/c1-2-6-16-21-17-13(11-20-18-15(17)9-10-19-18)12-22(16)14-7-4-3-5-8-14/h3-11,21H,2,12H2,1H3,(H,19,20)/b16-6-. The number of rotatable bonds is 2. The molecule has 0 unspecified atom stereocenters. The Morgan fingerprint density at radius 1 is 1.23 bits per heavy atom. The molecule has 0 fully saturated rings. The Morgan fingerprint density at radius 3 is 2.91 bits per heavy atom. The van der Waals surface area contributed by atoms with Gasteiger partial charge in [0.05, 0.1) is 12.2 Å². The number of anilines is 2. The summed E-state index contributed by atoms with van der Waals surface area (Å²) in [6, 6.07) is 12.5. The summed E-state index contributed by atoms with van der Waals surface area (Å²) in [4.78, 5) is 9.98. The zero-order valence-electron chi connectivity index (χ0n) is 12.5. The van der Waals surface area contributed by atoms with Crippen molar-refractivity contribution in [2.45, 2.75) is 19.9 Å². The normalized spacial score (nSPS) is 15.9. The van der Waals surface area contributed by atoms with Crippen LogP contribution in [0.5, 0.6) is 0 Å². The lowest BCUT2D eigenvalue weighted by molar-refractivity contribution is 0.877. The van der Waals surface area contributed by atoms with Crippen molar-refractivity contribution in [3.05, 3.63) is 66.3 Å². The molecule has 0 bridgehead atoms. The van der Waals surface area contributed by atoms with Gasteiger partial charge in [0, 0.05) is 29.0 Å². The van der Waals surface area contributed by atoms with Gasteiger partial charge in [-0.15, -0.1) is 0 Å². The molecule has 3 heterocycles. The smallest absolute Gasteiger partial charge is 0.139 e. The number of hydrogen-bond donors (Lipinski definition) is 2. The van der Waals surface area contributed by atoms with Gasteiger partial charge in [0.1, 0.15) is 11.5 Å². The van der Waals surface area contributed by atoms with Crippen LogP contribution in [0, 0.1) is 0 Å². The third-order valence-corrected chi connectivity index (χ3v) is 4.00. The molecule has 4 rings (SSSR count). The minimum Gasteiger partial charge on any atom is -0.346 e. The summed E-state index contributed by atoms with van der Waals surface area (Å²) in [6.45, 7) is 2.98. The van der Waals surface area contributed by atoms with Crippen LogP contribution in [-0.4, -0.2) is 9.97 Å². The highest BCUT2D eigenvalue weighted by atomic mass is 15.3. The van der Waals surface area contributed by atoms with E-state index in [1.807, 2.05) is 18.5 Å². The lowest BCUT2D eigenvalue weighted by Crippen LogP contribution is -2.31. The minimum absolute atomic E-state index is 0.826. The molecule has 0 saturated carbocycles. The predicted octanol–water partition coefficient (Wildman–Crippen LogP) is 4.25. The summed E-state index contributed by atoms with van der Waals surface area (Å²) in [5.41, 5.74) is 4.49. The van der Waals surface area contributed by atoms with Gasteiger partial charge in [0.25, 0.3) is 0 Å². The average molecular weight is 290 g/mol. The van der Waals surface area contributed by atoms with Crippen molar-refractivity contribution in [1.29, 1.82) is 0 Å². The molecule has 0 atom stereocenters. The van der Waals surface area contributed by atoms with Crippen molar-refractivity contribution in [3.8, 4) is 0 Å². The first-order valence-electron chi connectivity index (χ1n) is 7.61. The van der Waals surface area contributed by atoms with E-state index in [1.54, 1.807) is 0 Å². The highest BCUT2D eigenvalue weighted by molar-refractivity contribution is 5.93. The van der Waals surface area contributed by atoms with Crippen LogP contribution in [0.25, 0.3) is 11.0 Å². The number of benzene rings is 1. The highest BCUT2D eigenvalue weighted by Crippen LogP contribution is 2.35. The Bertz CT molecular complexity index is 833. The lowest BCUT2D eigenvalue weighted by Gasteiger charge is -2.34. The van der Waals surface area contributed by atoms with E-state index in [0.29, 0.717) is 0 Å². The third kappa shape index (κ3) is 2.04. The molecular weight excluding hydrogens is 272 g/mol. The lowest BCUT2D eigenvalue weighted by atomic mass is 10.1. The third-order valence-electron chi connectivity index (χ3n) is 4.00. The second-order valence-corrected chi connectivity index (χ2v) is 5.44. The van der Waals surface area contributed by atoms with Crippen molar-refractivity contribution >= 4 is 22.4 Å². The minimum atomic E-state index is 0.826. The molecular formula is C18H18N4. The molecule has 110 valence electrons. The van der Waals surface area contributed by atoms with Crippen molar-refractivity contribution in [3.63, 3.8) is 0 Å². The molecule has 1 aliphatic rings. The van der Waals surface area contributed by atoms with E-state index in [0.717, 1.165) is 35.5 Å². The molecule has 0 saturated heterocycles. The molecule has 0 radical (unpaired) electrons. The fourth-order valence-corrected chi connectivity index (χ4v) is 2.96. The summed E-state index contributed by atoms with van der Waals surface area (Å²) in [5, 5.41) is 4.75. The van der Waals surface area contributed by atoms with Gasteiger partial charge < -0.3 is 15.2 Å². The number of aromatic nitrogens is 2. The summed E-state index contributed by atoms with van der Waals surface area (Å²) >= 11 is 0. The maximum Gasteiger partial charge on any atom is 0.139 e. The number of H-pyrrole nitrogens is 1. The Morgan fingerprint density at radius 2 is 2.09 bits per heavy atom. The van der Waals surface area contributed by atoms with Crippen LogP contribution in [0.15, 0.2) is 60.7 Å². The van der Waals surface area contributed by atoms with Gasteiger partial charge in [-0.1, -0.05) is 25.1 Å². The molecule has 3 aromatic rings. The van der Waals surface area contributed by atoms with E-state index in [1.165, 1.54) is 11.3 Å². The molecule has 0 spiro atoms. The van der Waals surface area contributed by atoms with Gasteiger partial charge in [0.2, 0.25) is 0 Å². The van der Waals surface area contributed by atoms with E-state index in [4.69, 9.17) is 0 Å². The quantitative estimate of drug-likeness (QED) is 0.741. The monoisotopic (exact) mass is 290 g/mol. The maximum absolute atomic E-state index is 4.51. The Labute approximate surface area is 129 Å². The zero-order valence-corrected chi connectivity index (χ0v) is 12.5. The Hall–Kier alpha value is -2.75. The number of fused-ring (bicyclic) bond motifs is 3. The first kappa shape index (κ1) is 13.0. The first-order valence-corrected chi connectivity index (χ1v) is 7.61.